The van der Waals surface area contributed by atoms with Crippen LogP contribution in [0.4, 0.5) is 0 Å². The molecular formula is C15H18ClNO3. The summed E-state index contributed by atoms with van der Waals surface area (Å²) in [5.74, 6) is -0.606. The predicted molar refractivity (Wildman–Crippen MR) is 77.0 cm³/mol. The van der Waals surface area contributed by atoms with E-state index in [0.717, 1.165) is 11.1 Å². The predicted octanol–water partition coefficient (Wildman–Crippen LogP) is 2.59. The van der Waals surface area contributed by atoms with Crippen molar-refractivity contribution in [3.05, 3.63) is 33.8 Å². The number of methoxy groups -OCH3 is 1. The lowest BCUT2D eigenvalue weighted by molar-refractivity contribution is -0.144. The van der Waals surface area contributed by atoms with Crippen LogP contribution in [0.15, 0.2) is 12.1 Å². The Kier molecular flexibility index (Phi) is 4.33. The number of likely N-dealkylation sites (tertiary alicyclic amines) is 1. The summed E-state index contributed by atoms with van der Waals surface area (Å²) < 4.78 is 4.72. The van der Waals surface area contributed by atoms with Crippen molar-refractivity contribution in [1.29, 1.82) is 0 Å². The number of hydrogen-bond donors (Lipinski definition) is 0. The zero-order valence-corrected chi connectivity index (χ0v) is 12.7. The van der Waals surface area contributed by atoms with Gasteiger partial charge in [-0.1, -0.05) is 11.6 Å². The second-order valence-electron chi connectivity index (χ2n) is 5.18. The van der Waals surface area contributed by atoms with Gasteiger partial charge in [-0.15, -0.1) is 0 Å². The third-order valence-corrected chi connectivity index (χ3v) is 4.14. The first-order valence-corrected chi connectivity index (χ1v) is 6.95. The molecule has 1 aliphatic heterocycles. The number of amides is 1. The molecule has 0 N–H and O–H groups in total. The van der Waals surface area contributed by atoms with Crippen LogP contribution < -0.4 is 0 Å². The molecule has 1 saturated heterocycles. The third-order valence-electron chi connectivity index (χ3n) is 3.82. The molecule has 1 aromatic carbocycles. The Hall–Kier alpha value is -1.55. The van der Waals surface area contributed by atoms with E-state index in [-0.39, 0.29) is 17.8 Å². The highest BCUT2D eigenvalue weighted by Gasteiger charge is 2.32. The molecule has 108 valence electrons. The van der Waals surface area contributed by atoms with Crippen LogP contribution in [-0.2, 0) is 9.53 Å². The molecule has 5 heteroatoms. The molecule has 20 heavy (non-hydrogen) atoms. The average molecular weight is 296 g/mol. The highest BCUT2D eigenvalue weighted by Crippen LogP contribution is 2.25. The van der Waals surface area contributed by atoms with Crippen molar-refractivity contribution >= 4 is 23.5 Å². The van der Waals surface area contributed by atoms with Crippen molar-refractivity contribution in [3.8, 4) is 0 Å². The van der Waals surface area contributed by atoms with Gasteiger partial charge in [-0.3, -0.25) is 9.59 Å². The van der Waals surface area contributed by atoms with E-state index < -0.39 is 0 Å². The number of nitrogens with zero attached hydrogens (tertiary/aromatic N) is 1. The van der Waals surface area contributed by atoms with Crippen LogP contribution in [0.25, 0.3) is 0 Å². The topological polar surface area (TPSA) is 46.6 Å². The first-order chi connectivity index (χ1) is 9.43. The third kappa shape index (κ3) is 2.80. The molecule has 0 bridgehead atoms. The van der Waals surface area contributed by atoms with Gasteiger partial charge < -0.3 is 9.64 Å². The number of rotatable bonds is 2. The van der Waals surface area contributed by atoms with E-state index in [1.807, 2.05) is 19.9 Å². The molecule has 0 saturated carbocycles. The summed E-state index contributed by atoms with van der Waals surface area (Å²) in [5, 5.41) is 0.458. The normalized spacial score (nSPS) is 18.2. The Balaban J connectivity index is 2.17. The van der Waals surface area contributed by atoms with Gasteiger partial charge in [0.05, 0.1) is 23.6 Å². The Morgan fingerprint density at radius 1 is 1.30 bits per heavy atom. The number of carbonyl (C=O) groups excluding carboxylic acids is 2. The molecule has 1 heterocycles. The van der Waals surface area contributed by atoms with Crippen LogP contribution in [0.2, 0.25) is 5.02 Å². The van der Waals surface area contributed by atoms with Gasteiger partial charge in [0.15, 0.2) is 0 Å². The van der Waals surface area contributed by atoms with Crippen LogP contribution >= 0.6 is 11.6 Å². The maximum atomic E-state index is 12.5. The van der Waals surface area contributed by atoms with Crippen molar-refractivity contribution < 1.29 is 14.3 Å². The van der Waals surface area contributed by atoms with Gasteiger partial charge in [-0.25, -0.2) is 0 Å². The molecule has 1 atom stereocenters. The summed E-state index contributed by atoms with van der Waals surface area (Å²) in [6.45, 7) is 4.86. The summed E-state index contributed by atoms with van der Waals surface area (Å²) in [6, 6.07) is 3.61. The van der Waals surface area contributed by atoms with Gasteiger partial charge in [0.2, 0.25) is 0 Å². The molecule has 1 unspecified atom stereocenters. The second-order valence-corrected chi connectivity index (χ2v) is 5.58. The van der Waals surface area contributed by atoms with Crippen molar-refractivity contribution in [2.24, 2.45) is 5.92 Å². The number of carbonyl (C=O) groups is 2. The van der Waals surface area contributed by atoms with Crippen LogP contribution in [-0.4, -0.2) is 37.0 Å². The molecule has 4 nitrogen and oxygen atoms in total. The minimum atomic E-state index is -0.258. The zero-order chi connectivity index (χ0) is 14.9. The Morgan fingerprint density at radius 2 is 1.95 bits per heavy atom. The van der Waals surface area contributed by atoms with E-state index in [9.17, 15) is 9.59 Å². The van der Waals surface area contributed by atoms with Gasteiger partial charge in [0.25, 0.3) is 5.91 Å². The highest BCUT2D eigenvalue weighted by molar-refractivity contribution is 6.34. The molecule has 0 spiro atoms. The molecule has 1 amide bonds. The van der Waals surface area contributed by atoms with Crippen molar-refractivity contribution in [2.75, 3.05) is 20.2 Å². The minimum absolute atomic E-state index is 0.121. The summed E-state index contributed by atoms with van der Waals surface area (Å²) in [4.78, 5) is 25.6. The Bertz CT molecular complexity index is 556. The number of benzene rings is 1. The quantitative estimate of drug-likeness (QED) is 0.788. The van der Waals surface area contributed by atoms with E-state index in [1.165, 1.54) is 7.11 Å². The van der Waals surface area contributed by atoms with E-state index in [4.69, 9.17) is 16.3 Å². The molecule has 0 aliphatic carbocycles. The van der Waals surface area contributed by atoms with Gasteiger partial charge >= 0.3 is 5.97 Å². The molecule has 1 aromatic rings. The lowest BCUT2D eigenvalue weighted by Gasteiger charge is -2.17. The molecule has 0 radical (unpaired) electrons. The largest absolute Gasteiger partial charge is 0.469 e. The average Bonchev–Trinajstić information content (AvgIpc) is 2.91. The Labute approximate surface area is 123 Å². The fourth-order valence-corrected chi connectivity index (χ4v) is 2.72. The zero-order valence-electron chi connectivity index (χ0n) is 11.9. The first-order valence-electron chi connectivity index (χ1n) is 6.58. The van der Waals surface area contributed by atoms with E-state index in [2.05, 4.69) is 0 Å². The van der Waals surface area contributed by atoms with Crippen LogP contribution in [0.1, 0.15) is 27.9 Å². The van der Waals surface area contributed by atoms with Crippen molar-refractivity contribution in [1.82, 2.24) is 4.90 Å². The molecule has 2 rings (SSSR count). The molecule has 1 fully saturated rings. The second kappa shape index (κ2) is 5.83. The number of ether oxygens (including phenoxy) is 1. The minimum Gasteiger partial charge on any atom is -0.469 e. The van der Waals surface area contributed by atoms with Crippen LogP contribution in [0.5, 0.6) is 0 Å². The lowest BCUT2D eigenvalue weighted by Crippen LogP contribution is -2.30. The summed E-state index contributed by atoms with van der Waals surface area (Å²) >= 11 is 6.16. The van der Waals surface area contributed by atoms with E-state index >= 15 is 0 Å². The molecule has 1 aliphatic rings. The number of aryl methyl sites for hydroxylation is 2. The van der Waals surface area contributed by atoms with Crippen molar-refractivity contribution in [2.45, 2.75) is 20.3 Å². The highest BCUT2D eigenvalue weighted by atomic mass is 35.5. The van der Waals surface area contributed by atoms with Crippen LogP contribution in [0.3, 0.4) is 0 Å². The standard InChI is InChI=1S/C15H18ClNO3/c1-9-6-12(13(16)7-10(9)2)14(18)17-5-4-11(8-17)15(19)20-3/h6-7,11H,4-5,8H2,1-3H3. The fraction of sp³-hybridized carbons (Fsp3) is 0.467. The van der Waals surface area contributed by atoms with Crippen LogP contribution in [0, 0.1) is 19.8 Å². The monoisotopic (exact) mass is 295 g/mol. The maximum absolute atomic E-state index is 12.5. The molecular weight excluding hydrogens is 278 g/mol. The van der Waals surface area contributed by atoms with E-state index in [1.54, 1.807) is 11.0 Å². The van der Waals surface area contributed by atoms with Gasteiger partial charge in [-0.05, 0) is 43.5 Å². The van der Waals surface area contributed by atoms with Gasteiger partial charge in [-0.2, -0.15) is 0 Å². The number of hydrogen-bond acceptors (Lipinski definition) is 3. The smallest absolute Gasteiger partial charge is 0.310 e. The van der Waals surface area contributed by atoms with Crippen molar-refractivity contribution in [3.63, 3.8) is 0 Å². The fourth-order valence-electron chi connectivity index (χ4n) is 2.42. The number of esters is 1. The Morgan fingerprint density at radius 3 is 2.60 bits per heavy atom. The summed E-state index contributed by atoms with van der Waals surface area (Å²) in [6.07, 6.45) is 0.640. The lowest BCUT2D eigenvalue weighted by atomic mass is 10.1. The maximum Gasteiger partial charge on any atom is 0.310 e. The van der Waals surface area contributed by atoms with Gasteiger partial charge in [0, 0.05) is 13.1 Å². The van der Waals surface area contributed by atoms with Gasteiger partial charge in [0.1, 0.15) is 0 Å². The first kappa shape index (κ1) is 14.9. The molecule has 0 aromatic heterocycles. The SMILES string of the molecule is COC(=O)C1CCN(C(=O)c2cc(C)c(C)cc2Cl)C1. The van der Waals surface area contributed by atoms with E-state index in [0.29, 0.717) is 30.1 Å². The summed E-state index contributed by atoms with van der Waals surface area (Å²) in [5.41, 5.74) is 2.59. The summed E-state index contributed by atoms with van der Waals surface area (Å²) in [7, 11) is 1.37. The number of halogens is 1.